The number of carbonyl (C=O) groups excluding carboxylic acids is 2. The SMILES string of the molecule is CCC[C@H]1C(=O)Nc2ccccc2N1C(=O)c1cc2cccn2cn1. The van der Waals surface area contributed by atoms with E-state index < -0.39 is 6.04 Å². The van der Waals surface area contributed by atoms with Crippen molar-refractivity contribution in [3.05, 3.63) is 60.7 Å². The van der Waals surface area contributed by atoms with Gasteiger partial charge in [0.2, 0.25) is 5.91 Å². The zero-order valence-electron chi connectivity index (χ0n) is 13.8. The van der Waals surface area contributed by atoms with E-state index in [0.29, 0.717) is 23.5 Å². The normalized spacial score (nSPS) is 16.6. The largest absolute Gasteiger partial charge is 0.322 e. The van der Waals surface area contributed by atoms with Crippen molar-refractivity contribution in [2.45, 2.75) is 25.8 Å². The zero-order valence-corrected chi connectivity index (χ0v) is 13.8. The molecule has 1 N–H and O–H groups in total. The van der Waals surface area contributed by atoms with Crippen LogP contribution < -0.4 is 10.2 Å². The van der Waals surface area contributed by atoms with Gasteiger partial charge in [0.1, 0.15) is 11.7 Å². The Hall–Kier alpha value is -3.15. The van der Waals surface area contributed by atoms with Crippen molar-refractivity contribution in [1.29, 1.82) is 0 Å². The third-order valence-corrected chi connectivity index (χ3v) is 4.45. The van der Waals surface area contributed by atoms with Crippen LogP contribution in [0.1, 0.15) is 30.3 Å². The summed E-state index contributed by atoms with van der Waals surface area (Å²) in [7, 11) is 0. The summed E-state index contributed by atoms with van der Waals surface area (Å²) in [6.45, 7) is 2.00. The van der Waals surface area contributed by atoms with Crippen LogP contribution in [0.3, 0.4) is 0 Å². The highest BCUT2D eigenvalue weighted by Crippen LogP contribution is 2.34. The van der Waals surface area contributed by atoms with Crippen LogP contribution in [-0.4, -0.2) is 27.2 Å². The Morgan fingerprint density at radius 3 is 2.92 bits per heavy atom. The van der Waals surface area contributed by atoms with E-state index in [1.165, 1.54) is 0 Å². The minimum atomic E-state index is -0.530. The van der Waals surface area contributed by atoms with Gasteiger partial charge in [-0.3, -0.25) is 14.5 Å². The Labute approximate surface area is 145 Å². The summed E-state index contributed by atoms with van der Waals surface area (Å²) in [5, 5.41) is 2.90. The number of hydrogen-bond donors (Lipinski definition) is 1. The molecule has 1 atom stereocenters. The molecule has 0 spiro atoms. The quantitative estimate of drug-likeness (QED) is 0.800. The Morgan fingerprint density at radius 1 is 1.24 bits per heavy atom. The number of anilines is 2. The molecule has 0 saturated carbocycles. The molecule has 6 nitrogen and oxygen atoms in total. The monoisotopic (exact) mass is 334 g/mol. The standard InChI is InChI=1S/C19H18N4O2/c1-2-6-17-18(24)21-14-8-3-4-9-16(14)23(17)19(25)15-11-13-7-5-10-22(13)12-20-15/h3-5,7-12,17H,2,6H2,1H3,(H,21,24)/t17-/m0/s1. The lowest BCUT2D eigenvalue weighted by Crippen LogP contribution is -2.51. The molecule has 0 aliphatic carbocycles. The van der Waals surface area contributed by atoms with E-state index in [0.717, 1.165) is 11.9 Å². The Balaban J connectivity index is 1.81. The third-order valence-electron chi connectivity index (χ3n) is 4.45. The van der Waals surface area contributed by atoms with E-state index in [2.05, 4.69) is 10.3 Å². The van der Waals surface area contributed by atoms with Crippen molar-refractivity contribution in [1.82, 2.24) is 9.38 Å². The molecule has 6 heteroatoms. The number of aromatic nitrogens is 2. The molecule has 4 rings (SSSR count). The van der Waals surface area contributed by atoms with E-state index >= 15 is 0 Å². The fourth-order valence-electron chi connectivity index (χ4n) is 3.25. The molecular formula is C19H18N4O2. The minimum Gasteiger partial charge on any atom is -0.322 e. The number of rotatable bonds is 3. The van der Waals surface area contributed by atoms with Crippen LogP contribution >= 0.6 is 0 Å². The fraction of sp³-hybridized carbons (Fsp3) is 0.211. The van der Waals surface area contributed by atoms with E-state index in [4.69, 9.17) is 0 Å². The number of para-hydroxylation sites is 2. The first-order chi connectivity index (χ1) is 12.2. The lowest BCUT2D eigenvalue weighted by atomic mass is 10.0. The topological polar surface area (TPSA) is 66.7 Å². The number of nitrogens with one attached hydrogen (secondary N) is 1. The van der Waals surface area contributed by atoms with Gasteiger partial charge in [0.15, 0.2) is 0 Å². The molecule has 0 radical (unpaired) electrons. The molecule has 3 aromatic rings. The lowest BCUT2D eigenvalue weighted by molar-refractivity contribution is -0.117. The summed E-state index contributed by atoms with van der Waals surface area (Å²) in [5.74, 6) is -0.415. The molecule has 0 unspecified atom stereocenters. The van der Waals surface area contributed by atoms with Crippen molar-refractivity contribution in [3.63, 3.8) is 0 Å². The van der Waals surface area contributed by atoms with E-state index in [1.807, 2.05) is 47.9 Å². The van der Waals surface area contributed by atoms with Gasteiger partial charge in [0.05, 0.1) is 17.7 Å². The van der Waals surface area contributed by atoms with E-state index in [9.17, 15) is 9.59 Å². The van der Waals surface area contributed by atoms with Gasteiger partial charge >= 0.3 is 0 Å². The molecule has 0 saturated heterocycles. The summed E-state index contributed by atoms with van der Waals surface area (Å²) in [6.07, 6.45) is 4.89. The second-order valence-corrected chi connectivity index (χ2v) is 6.10. The molecule has 0 fully saturated rings. The van der Waals surface area contributed by atoms with Crippen LogP contribution in [0.4, 0.5) is 11.4 Å². The van der Waals surface area contributed by atoms with Crippen molar-refractivity contribution < 1.29 is 9.59 Å². The number of fused-ring (bicyclic) bond motifs is 2. The number of nitrogens with zero attached hydrogens (tertiary/aromatic N) is 3. The molecule has 2 aromatic heterocycles. The molecule has 1 aliphatic rings. The Kier molecular flexibility index (Phi) is 3.72. The van der Waals surface area contributed by atoms with Gasteiger partial charge in [-0.15, -0.1) is 0 Å². The van der Waals surface area contributed by atoms with Gasteiger partial charge in [0.25, 0.3) is 5.91 Å². The van der Waals surface area contributed by atoms with Crippen LogP contribution in [0.25, 0.3) is 5.52 Å². The molecule has 3 heterocycles. The smallest absolute Gasteiger partial charge is 0.277 e. The van der Waals surface area contributed by atoms with Crippen LogP contribution in [0, 0.1) is 0 Å². The van der Waals surface area contributed by atoms with Crippen molar-refractivity contribution in [2.24, 2.45) is 0 Å². The van der Waals surface area contributed by atoms with Gasteiger partial charge in [-0.05, 0) is 36.8 Å². The Morgan fingerprint density at radius 2 is 2.08 bits per heavy atom. The van der Waals surface area contributed by atoms with Gasteiger partial charge in [-0.1, -0.05) is 25.5 Å². The summed E-state index contributed by atoms with van der Waals surface area (Å²) >= 11 is 0. The Bertz CT molecular complexity index is 963. The predicted octanol–water partition coefficient (Wildman–Crippen LogP) is 3.10. The summed E-state index contributed by atoms with van der Waals surface area (Å²) in [6, 6.07) is 12.4. The molecule has 25 heavy (non-hydrogen) atoms. The van der Waals surface area contributed by atoms with Gasteiger partial charge in [-0.2, -0.15) is 0 Å². The number of benzene rings is 1. The second kappa shape index (κ2) is 6.05. The van der Waals surface area contributed by atoms with Gasteiger partial charge in [-0.25, -0.2) is 4.98 Å². The van der Waals surface area contributed by atoms with Crippen molar-refractivity contribution in [2.75, 3.05) is 10.2 Å². The molecule has 2 amide bonds. The van der Waals surface area contributed by atoms with E-state index in [-0.39, 0.29) is 11.8 Å². The molecule has 1 aliphatic heterocycles. The number of hydrogen-bond acceptors (Lipinski definition) is 3. The summed E-state index contributed by atoms with van der Waals surface area (Å²) in [4.78, 5) is 31.6. The highest BCUT2D eigenvalue weighted by Gasteiger charge is 2.37. The first kappa shape index (κ1) is 15.4. The summed E-state index contributed by atoms with van der Waals surface area (Å²) < 4.78 is 1.84. The highest BCUT2D eigenvalue weighted by atomic mass is 16.2. The van der Waals surface area contributed by atoms with Crippen LogP contribution in [0.2, 0.25) is 0 Å². The maximum Gasteiger partial charge on any atom is 0.277 e. The van der Waals surface area contributed by atoms with Crippen molar-refractivity contribution >= 4 is 28.7 Å². The van der Waals surface area contributed by atoms with Crippen LogP contribution in [0.15, 0.2) is 55.0 Å². The lowest BCUT2D eigenvalue weighted by Gasteiger charge is -2.36. The first-order valence-corrected chi connectivity index (χ1v) is 8.35. The molecular weight excluding hydrogens is 316 g/mol. The van der Waals surface area contributed by atoms with E-state index in [1.54, 1.807) is 23.4 Å². The predicted molar refractivity (Wildman–Crippen MR) is 95.8 cm³/mol. The average Bonchev–Trinajstić information content (AvgIpc) is 3.09. The average molecular weight is 334 g/mol. The fourth-order valence-corrected chi connectivity index (χ4v) is 3.25. The van der Waals surface area contributed by atoms with Gasteiger partial charge < -0.3 is 9.72 Å². The van der Waals surface area contributed by atoms with Crippen LogP contribution in [0.5, 0.6) is 0 Å². The maximum absolute atomic E-state index is 13.2. The van der Waals surface area contributed by atoms with Crippen LogP contribution in [-0.2, 0) is 4.79 Å². The third kappa shape index (κ3) is 2.55. The number of amides is 2. The molecule has 0 bridgehead atoms. The van der Waals surface area contributed by atoms with Crippen molar-refractivity contribution in [3.8, 4) is 0 Å². The summed E-state index contributed by atoms with van der Waals surface area (Å²) in [5.41, 5.74) is 2.58. The number of carbonyl (C=O) groups is 2. The second-order valence-electron chi connectivity index (χ2n) is 6.10. The maximum atomic E-state index is 13.2. The highest BCUT2D eigenvalue weighted by molar-refractivity contribution is 6.16. The molecule has 126 valence electrons. The van der Waals surface area contributed by atoms with Gasteiger partial charge in [0, 0.05) is 11.7 Å². The minimum absolute atomic E-state index is 0.155. The molecule has 1 aromatic carbocycles. The first-order valence-electron chi connectivity index (χ1n) is 8.35. The zero-order chi connectivity index (χ0) is 17.4.